The van der Waals surface area contributed by atoms with Crippen molar-refractivity contribution in [3.8, 4) is 11.5 Å². The van der Waals surface area contributed by atoms with Gasteiger partial charge in [-0.2, -0.15) is 0 Å². The van der Waals surface area contributed by atoms with Crippen LogP contribution in [0.2, 0.25) is 0 Å². The average molecular weight is 293 g/mol. The van der Waals surface area contributed by atoms with Gasteiger partial charge in [0.15, 0.2) is 18.1 Å². The molecule has 0 spiro atoms. The van der Waals surface area contributed by atoms with Crippen LogP contribution in [-0.4, -0.2) is 31.8 Å². The van der Waals surface area contributed by atoms with Crippen molar-refractivity contribution in [2.45, 2.75) is 39.3 Å². The lowest BCUT2D eigenvalue weighted by molar-refractivity contribution is -0.145. The summed E-state index contributed by atoms with van der Waals surface area (Å²) in [6.07, 6.45) is 2.45. The summed E-state index contributed by atoms with van der Waals surface area (Å²) >= 11 is 0. The predicted molar refractivity (Wildman–Crippen MR) is 79.6 cm³/mol. The van der Waals surface area contributed by atoms with E-state index in [-0.39, 0.29) is 12.6 Å². The summed E-state index contributed by atoms with van der Waals surface area (Å²) < 4.78 is 16.1. The number of carbonyl (C=O) groups is 1. The third kappa shape index (κ3) is 4.93. The standard InChI is InChI=1S/C16H23NO4/c1-3-19-14-7-5-6-12(10-17-13-8-9-13)16(14)21-11-15(18)20-4-2/h5-7,13,17H,3-4,8-11H2,1-2H3. The van der Waals surface area contributed by atoms with Crippen molar-refractivity contribution in [1.82, 2.24) is 5.32 Å². The van der Waals surface area contributed by atoms with Crippen molar-refractivity contribution >= 4 is 5.97 Å². The van der Waals surface area contributed by atoms with E-state index in [1.807, 2.05) is 25.1 Å². The van der Waals surface area contributed by atoms with E-state index in [1.54, 1.807) is 6.92 Å². The first-order valence-corrected chi connectivity index (χ1v) is 7.51. The van der Waals surface area contributed by atoms with Gasteiger partial charge in [-0.15, -0.1) is 0 Å². The van der Waals surface area contributed by atoms with Crippen LogP contribution in [0.4, 0.5) is 0 Å². The number of hydrogen-bond donors (Lipinski definition) is 1. The summed E-state index contributed by atoms with van der Waals surface area (Å²) in [6, 6.07) is 6.38. The summed E-state index contributed by atoms with van der Waals surface area (Å²) in [4.78, 5) is 11.5. The first-order chi connectivity index (χ1) is 10.2. The largest absolute Gasteiger partial charge is 0.490 e. The van der Waals surface area contributed by atoms with Crippen LogP contribution >= 0.6 is 0 Å². The molecule has 21 heavy (non-hydrogen) atoms. The molecule has 0 radical (unpaired) electrons. The Labute approximate surface area is 125 Å². The van der Waals surface area contributed by atoms with Crippen molar-refractivity contribution in [3.63, 3.8) is 0 Å². The van der Waals surface area contributed by atoms with Gasteiger partial charge in [0.2, 0.25) is 0 Å². The van der Waals surface area contributed by atoms with E-state index in [2.05, 4.69) is 5.32 Å². The van der Waals surface area contributed by atoms with E-state index >= 15 is 0 Å². The Kier molecular flexibility index (Phi) is 5.87. The van der Waals surface area contributed by atoms with Gasteiger partial charge in [-0.3, -0.25) is 0 Å². The SMILES string of the molecule is CCOC(=O)COc1c(CNC2CC2)cccc1OCC. The summed E-state index contributed by atoms with van der Waals surface area (Å²) in [5.41, 5.74) is 0.997. The fraction of sp³-hybridized carbons (Fsp3) is 0.562. The van der Waals surface area contributed by atoms with Crippen molar-refractivity contribution in [1.29, 1.82) is 0 Å². The van der Waals surface area contributed by atoms with Crippen LogP contribution in [0.25, 0.3) is 0 Å². The first-order valence-electron chi connectivity index (χ1n) is 7.51. The minimum atomic E-state index is -0.370. The normalized spacial score (nSPS) is 13.8. The maximum atomic E-state index is 11.5. The summed E-state index contributed by atoms with van der Waals surface area (Å²) in [5.74, 6) is 0.919. The molecule has 0 bridgehead atoms. The average Bonchev–Trinajstić information content (AvgIpc) is 3.29. The summed E-state index contributed by atoms with van der Waals surface area (Å²) in [6.45, 7) is 5.21. The van der Waals surface area contributed by atoms with E-state index in [0.717, 1.165) is 5.56 Å². The fourth-order valence-electron chi connectivity index (χ4n) is 2.01. The van der Waals surface area contributed by atoms with Gasteiger partial charge < -0.3 is 19.5 Å². The fourth-order valence-corrected chi connectivity index (χ4v) is 2.01. The van der Waals surface area contributed by atoms with E-state index in [1.165, 1.54) is 12.8 Å². The highest BCUT2D eigenvalue weighted by Gasteiger charge is 2.21. The van der Waals surface area contributed by atoms with E-state index in [4.69, 9.17) is 14.2 Å². The molecular formula is C16H23NO4. The monoisotopic (exact) mass is 293 g/mol. The lowest BCUT2D eigenvalue weighted by Crippen LogP contribution is -2.19. The Balaban J connectivity index is 2.06. The van der Waals surface area contributed by atoms with Crippen LogP contribution in [0.15, 0.2) is 18.2 Å². The van der Waals surface area contributed by atoms with Gasteiger partial charge in [0, 0.05) is 18.2 Å². The Morgan fingerprint density at radius 2 is 2.05 bits per heavy atom. The molecule has 1 saturated carbocycles. The predicted octanol–water partition coefficient (Wildman–Crippen LogP) is 2.28. The van der Waals surface area contributed by atoms with Crippen molar-refractivity contribution in [3.05, 3.63) is 23.8 Å². The topological polar surface area (TPSA) is 56.8 Å². The van der Waals surface area contributed by atoms with Crippen LogP contribution in [0.1, 0.15) is 32.3 Å². The second-order valence-corrected chi connectivity index (χ2v) is 4.93. The highest BCUT2D eigenvalue weighted by atomic mass is 16.6. The number of hydrogen-bond acceptors (Lipinski definition) is 5. The Bertz CT molecular complexity index is 471. The smallest absolute Gasteiger partial charge is 0.344 e. The van der Waals surface area contributed by atoms with Gasteiger partial charge in [0.25, 0.3) is 0 Å². The first kappa shape index (κ1) is 15.6. The zero-order valence-electron chi connectivity index (χ0n) is 12.7. The number of carbonyl (C=O) groups excluding carboxylic acids is 1. The lowest BCUT2D eigenvalue weighted by atomic mass is 10.2. The Hall–Kier alpha value is -1.75. The molecule has 0 heterocycles. The third-order valence-corrected chi connectivity index (χ3v) is 3.16. The maximum absolute atomic E-state index is 11.5. The summed E-state index contributed by atoms with van der Waals surface area (Å²) in [5, 5.41) is 3.44. The Morgan fingerprint density at radius 1 is 1.24 bits per heavy atom. The van der Waals surface area contributed by atoms with E-state index < -0.39 is 0 Å². The molecule has 2 rings (SSSR count). The van der Waals surface area contributed by atoms with Crippen LogP contribution in [-0.2, 0) is 16.1 Å². The molecule has 1 aromatic rings. The number of para-hydroxylation sites is 1. The number of ether oxygens (including phenoxy) is 3. The molecule has 1 aromatic carbocycles. The molecule has 0 aliphatic heterocycles. The van der Waals surface area contributed by atoms with Gasteiger partial charge in [-0.1, -0.05) is 12.1 Å². The van der Waals surface area contributed by atoms with E-state index in [0.29, 0.717) is 37.3 Å². The molecule has 1 aliphatic rings. The molecule has 1 fully saturated rings. The molecule has 1 N–H and O–H groups in total. The van der Waals surface area contributed by atoms with Crippen LogP contribution in [0, 0.1) is 0 Å². The highest BCUT2D eigenvalue weighted by Crippen LogP contribution is 2.32. The molecule has 0 aromatic heterocycles. The molecule has 0 amide bonds. The second-order valence-electron chi connectivity index (χ2n) is 4.93. The van der Waals surface area contributed by atoms with Gasteiger partial charge in [-0.25, -0.2) is 4.79 Å². The molecule has 0 unspecified atom stereocenters. The lowest BCUT2D eigenvalue weighted by Gasteiger charge is -2.16. The molecular weight excluding hydrogens is 270 g/mol. The van der Waals surface area contributed by atoms with Crippen LogP contribution in [0.3, 0.4) is 0 Å². The third-order valence-electron chi connectivity index (χ3n) is 3.16. The number of nitrogens with one attached hydrogen (secondary N) is 1. The van der Waals surface area contributed by atoms with E-state index in [9.17, 15) is 4.79 Å². The zero-order valence-corrected chi connectivity index (χ0v) is 12.7. The number of rotatable bonds is 9. The van der Waals surface area contributed by atoms with Crippen LogP contribution in [0.5, 0.6) is 11.5 Å². The minimum Gasteiger partial charge on any atom is -0.490 e. The minimum absolute atomic E-state index is 0.103. The van der Waals surface area contributed by atoms with Gasteiger partial charge in [-0.05, 0) is 32.8 Å². The van der Waals surface area contributed by atoms with Gasteiger partial charge in [0.1, 0.15) is 0 Å². The molecule has 0 atom stereocenters. The second kappa shape index (κ2) is 7.88. The molecule has 116 valence electrons. The molecule has 5 nitrogen and oxygen atoms in total. The van der Waals surface area contributed by atoms with Crippen molar-refractivity contribution < 1.29 is 19.0 Å². The van der Waals surface area contributed by atoms with Crippen molar-refractivity contribution in [2.75, 3.05) is 19.8 Å². The number of benzene rings is 1. The van der Waals surface area contributed by atoms with Gasteiger partial charge in [0.05, 0.1) is 13.2 Å². The molecule has 5 heteroatoms. The van der Waals surface area contributed by atoms with Gasteiger partial charge >= 0.3 is 5.97 Å². The van der Waals surface area contributed by atoms with Crippen molar-refractivity contribution in [2.24, 2.45) is 0 Å². The van der Waals surface area contributed by atoms with Crippen LogP contribution < -0.4 is 14.8 Å². The maximum Gasteiger partial charge on any atom is 0.344 e. The number of esters is 1. The molecule has 0 saturated heterocycles. The highest BCUT2D eigenvalue weighted by molar-refractivity contribution is 5.71. The quantitative estimate of drug-likeness (QED) is 0.708. The molecule has 1 aliphatic carbocycles. The summed E-state index contributed by atoms with van der Waals surface area (Å²) in [7, 11) is 0. The Morgan fingerprint density at radius 3 is 2.71 bits per heavy atom. The zero-order chi connectivity index (χ0) is 15.1.